The van der Waals surface area contributed by atoms with Crippen LogP contribution >= 0.6 is 22.7 Å². The SMILES string of the molecule is Cc1csc(NC(=O)c2c[nH]c(=O)n(Cc3cccs3)c2=O)n1. The number of rotatable bonds is 4. The first-order valence-corrected chi connectivity index (χ1v) is 8.39. The van der Waals surface area contributed by atoms with Crippen LogP contribution in [-0.2, 0) is 6.54 Å². The fourth-order valence-corrected chi connectivity index (χ4v) is 3.33. The molecule has 0 radical (unpaired) electrons. The van der Waals surface area contributed by atoms with Crippen molar-refractivity contribution in [3.8, 4) is 0 Å². The van der Waals surface area contributed by atoms with Gasteiger partial charge in [-0.15, -0.1) is 22.7 Å². The smallest absolute Gasteiger partial charge is 0.313 e. The van der Waals surface area contributed by atoms with Crippen LogP contribution in [0.15, 0.2) is 38.7 Å². The molecular formula is C14H12N4O3S2. The molecule has 0 saturated heterocycles. The van der Waals surface area contributed by atoms with E-state index in [1.54, 1.807) is 12.3 Å². The van der Waals surface area contributed by atoms with Crippen LogP contribution in [0, 0.1) is 6.92 Å². The predicted octanol–water partition coefficient (Wildman–Crippen LogP) is 1.66. The first kappa shape index (κ1) is 15.4. The van der Waals surface area contributed by atoms with Gasteiger partial charge in [0.15, 0.2) is 5.13 Å². The summed E-state index contributed by atoms with van der Waals surface area (Å²) in [5.41, 5.74) is -0.533. The second-order valence-electron chi connectivity index (χ2n) is 4.73. The molecule has 0 aromatic carbocycles. The maximum absolute atomic E-state index is 12.4. The number of H-pyrrole nitrogens is 1. The van der Waals surface area contributed by atoms with E-state index in [0.29, 0.717) is 5.13 Å². The average molecular weight is 348 g/mol. The molecule has 0 aliphatic heterocycles. The molecule has 9 heteroatoms. The predicted molar refractivity (Wildman–Crippen MR) is 89.5 cm³/mol. The number of carbonyl (C=O) groups is 1. The number of anilines is 1. The van der Waals surface area contributed by atoms with Crippen LogP contribution in [0.5, 0.6) is 0 Å². The van der Waals surface area contributed by atoms with E-state index in [-0.39, 0.29) is 12.1 Å². The maximum atomic E-state index is 12.4. The van der Waals surface area contributed by atoms with E-state index in [2.05, 4.69) is 15.3 Å². The topological polar surface area (TPSA) is 96.9 Å². The molecule has 0 aliphatic carbocycles. The number of thiazole rings is 1. The van der Waals surface area contributed by atoms with Gasteiger partial charge in [-0.05, 0) is 18.4 Å². The number of nitrogens with zero attached hydrogens (tertiary/aromatic N) is 2. The monoisotopic (exact) mass is 348 g/mol. The Hall–Kier alpha value is -2.52. The maximum Gasteiger partial charge on any atom is 0.328 e. The Labute approximate surface area is 138 Å². The van der Waals surface area contributed by atoms with Gasteiger partial charge in [0.2, 0.25) is 0 Å². The van der Waals surface area contributed by atoms with Gasteiger partial charge in [0, 0.05) is 16.5 Å². The zero-order chi connectivity index (χ0) is 16.4. The molecule has 0 spiro atoms. The Morgan fingerprint density at radius 2 is 2.22 bits per heavy atom. The molecule has 3 aromatic rings. The van der Waals surface area contributed by atoms with Gasteiger partial charge in [0.1, 0.15) is 5.56 Å². The van der Waals surface area contributed by atoms with Crippen LogP contribution < -0.4 is 16.6 Å². The van der Waals surface area contributed by atoms with Crippen molar-refractivity contribution in [3.63, 3.8) is 0 Å². The molecule has 3 heterocycles. The summed E-state index contributed by atoms with van der Waals surface area (Å²) in [5, 5.41) is 6.61. The highest BCUT2D eigenvalue weighted by atomic mass is 32.1. The van der Waals surface area contributed by atoms with E-state index in [9.17, 15) is 14.4 Å². The third-order valence-electron chi connectivity index (χ3n) is 3.04. The normalized spacial score (nSPS) is 10.7. The number of aromatic amines is 1. The zero-order valence-electron chi connectivity index (χ0n) is 12.0. The van der Waals surface area contributed by atoms with Gasteiger partial charge in [0.25, 0.3) is 11.5 Å². The second kappa shape index (κ2) is 6.31. The Kier molecular flexibility index (Phi) is 4.22. The number of hydrogen-bond acceptors (Lipinski definition) is 6. The highest BCUT2D eigenvalue weighted by Crippen LogP contribution is 2.14. The van der Waals surface area contributed by atoms with Crippen molar-refractivity contribution in [1.82, 2.24) is 14.5 Å². The number of carbonyl (C=O) groups excluding carboxylic acids is 1. The molecule has 0 bridgehead atoms. The molecule has 0 fully saturated rings. The van der Waals surface area contributed by atoms with Crippen LogP contribution in [-0.4, -0.2) is 20.4 Å². The number of thiophene rings is 1. The average Bonchev–Trinajstić information content (AvgIpc) is 3.15. The summed E-state index contributed by atoms with van der Waals surface area (Å²) in [6, 6.07) is 3.65. The van der Waals surface area contributed by atoms with E-state index in [0.717, 1.165) is 21.3 Å². The molecule has 0 unspecified atom stereocenters. The van der Waals surface area contributed by atoms with E-state index in [1.807, 2.05) is 17.5 Å². The fourth-order valence-electron chi connectivity index (χ4n) is 1.95. The van der Waals surface area contributed by atoms with E-state index >= 15 is 0 Å². The van der Waals surface area contributed by atoms with E-state index < -0.39 is 17.2 Å². The summed E-state index contributed by atoms with van der Waals surface area (Å²) in [7, 11) is 0. The first-order chi connectivity index (χ1) is 11.0. The molecular weight excluding hydrogens is 336 g/mol. The van der Waals surface area contributed by atoms with Crippen molar-refractivity contribution in [2.24, 2.45) is 0 Å². The molecule has 0 aliphatic rings. The van der Waals surface area contributed by atoms with Crippen molar-refractivity contribution < 1.29 is 4.79 Å². The quantitative estimate of drug-likeness (QED) is 0.749. The lowest BCUT2D eigenvalue weighted by molar-refractivity contribution is 0.102. The molecule has 1 amide bonds. The molecule has 3 rings (SSSR count). The molecule has 118 valence electrons. The molecule has 0 saturated carbocycles. The molecule has 7 nitrogen and oxygen atoms in total. The Bertz CT molecular complexity index is 953. The number of amides is 1. The highest BCUT2D eigenvalue weighted by molar-refractivity contribution is 7.14. The summed E-state index contributed by atoms with van der Waals surface area (Å²) in [6.45, 7) is 1.93. The highest BCUT2D eigenvalue weighted by Gasteiger charge is 2.16. The summed E-state index contributed by atoms with van der Waals surface area (Å²) in [5.74, 6) is -0.597. The lowest BCUT2D eigenvalue weighted by Crippen LogP contribution is -2.39. The van der Waals surface area contributed by atoms with Crippen LogP contribution in [0.25, 0.3) is 0 Å². The van der Waals surface area contributed by atoms with E-state index in [4.69, 9.17) is 0 Å². The van der Waals surface area contributed by atoms with Crippen molar-refractivity contribution in [3.05, 3.63) is 66.1 Å². The van der Waals surface area contributed by atoms with Gasteiger partial charge < -0.3 is 4.98 Å². The van der Waals surface area contributed by atoms with Gasteiger partial charge >= 0.3 is 5.69 Å². The molecule has 0 atom stereocenters. The van der Waals surface area contributed by atoms with Gasteiger partial charge in [0.05, 0.1) is 12.2 Å². The van der Waals surface area contributed by atoms with Crippen LogP contribution in [0.1, 0.15) is 20.9 Å². The van der Waals surface area contributed by atoms with E-state index in [1.165, 1.54) is 22.7 Å². The minimum atomic E-state index is -0.632. The Balaban J connectivity index is 1.92. The summed E-state index contributed by atoms with van der Waals surface area (Å²) in [6.07, 6.45) is 1.13. The number of aryl methyl sites for hydroxylation is 1. The Morgan fingerprint density at radius 1 is 1.39 bits per heavy atom. The van der Waals surface area contributed by atoms with Crippen molar-refractivity contribution in [2.75, 3.05) is 5.32 Å². The minimum absolute atomic E-state index is 0.128. The standard InChI is InChI=1S/C14H12N4O3S2/c1-8-7-23-13(16-8)17-11(19)10-5-15-14(21)18(12(10)20)6-9-3-2-4-22-9/h2-5,7H,6H2,1H3,(H,15,21)(H,16,17,19). The summed E-state index contributed by atoms with van der Waals surface area (Å²) in [4.78, 5) is 43.9. The van der Waals surface area contributed by atoms with Crippen LogP contribution in [0.2, 0.25) is 0 Å². The second-order valence-corrected chi connectivity index (χ2v) is 6.62. The molecule has 2 N–H and O–H groups in total. The third kappa shape index (κ3) is 3.30. The van der Waals surface area contributed by atoms with Crippen LogP contribution in [0.3, 0.4) is 0 Å². The lowest BCUT2D eigenvalue weighted by Gasteiger charge is -2.05. The molecule has 23 heavy (non-hydrogen) atoms. The summed E-state index contributed by atoms with van der Waals surface area (Å²) >= 11 is 2.70. The van der Waals surface area contributed by atoms with Gasteiger partial charge in [-0.25, -0.2) is 9.78 Å². The van der Waals surface area contributed by atoms with Crippen molar-refractivity contribution in [2.45, 2.75) is 13.5 Å². The largest absolute Gasteiger partial charge is 0.328 e. The number of hydrogen-bond donors (Lipinski definition) is 2. The lowest BCUT2D eigenvalue weighted by atomic mass is 10.3. The number of nitrogens with one attached hydrogen (secondary N) is 2. The summed E-state index contributed by atoms with van der Waals surface area (Å²) < 4.78 is 1.01. The van der Waals surface area contributed by atoms with Gasteiger partial charge in [-0.3, -0.25) is 19.5 Å². The third-order valence-corrected chi connectivity index (χ3v) is 4.78. The van der Waals surface area contributed by atoms with Crippen LogP contribution in [0.4, 0.5) is 5.13 Å². The van der Waals surface area contributed by atoms with Gasteiger partial charge in [-0.1, -0.05) is 6.07 Å². The first-order valence-electron chi connectivity index (χ1n) is 6.63. The molecule has 3 aromatic heterocycles. The fraction of sp³-hybridized carbons (Fsp3) is 0.143. The van der Waals surface area contributed by atoms with Gasteiger partial charge in [-0.2, -0.15) is 0 Å². The Morgan fingerprint density at radius 3 is 2.87 bits per heavy atom. The number of aromatic nitrogens is 3. The van der Waals surface area contributed by atoms with Crippen molar-refractivity contribution >= 4 is 33.7 Å². The minimum Gasteiger partial charge on any atom is -0.313 e. The van der Waals surface area contributed by atoms with Crippen molar-refractivity contribution in [1.29, 1.82) is 0 Å². The zero-order valence-corrected chi connectivity index (χ0v) is 13.7.